The molecule has 0 unspecified atom stereocenters. The van der Waals surface area contributed by atoms with E-state index in [1.807, 2.05) is 11.9 Å². The fourth-order valence-electron chi connectivity index (χ4n) is 2.33. The third kappa shape index (κ3) is 3.34. The molecule has 1 heterocycles. The lowest BCUT2D eigenvalue weighted by Crippen LogP contribution is -2.45. The number of nitrogens with zero attached hydrogens (tertiary/aromatic N) is 1. The molecule has 1 aliphatic rings. The van der Waals surface area contributed by atoms with Crippen LogP contribution >= 0.6 is 28.6 Å². The van der Waals surface area contributed by atoms with E-state index in [4.69, 9.17) is 27.0 Å². The van der Waals surface area contributed by atoms with Crippen LogP contribution < -0.4 is 11.2 Å². The maximum absolute atomic E-state index is 13.2. The van der Waals surface area contributed by atoms with Crippen molar-refractivity contribution in [3.63, 3.8) is 0 Å². The molecule has 10 heteroatoms. The summed E-state index contributed by atoms with van der Waals surface area (Å²) in [5.74, 6) is -1.03. The first-order valence-electron chi connectivity index (χ1n) is 5.84. The molecule has 1 saturated carbocycles. The van der Waals surface area contributed by atoms with Crippen molar-refractivity contribution in [3.8, 4) is 0 Å². The predicted octanol–water partition coefficient (Wildman–Crippen LogP) is 2.48. The Morgan fingerprint density at radius 3 is 2.75 bits per heavy atom. The summed E-state index contributed by atoms with van der Waals surface area (Å²) >= 11 is 10.6. The van der Waals surface area contributed by atoms with E-state index in [0.717, 1.165) is 10.8 Å². The van der Waals surface area contributed by atoms with Crippen LogP contribution in [0, 0.1) is 17.7 Å². The number of aromatic nitrogens is 2. The van der Waals surface area contributed by atoms with Crippen LogP contribution in [-0.2, 0) is 9.09 Å². The molecule has 6 nitrogen and oxygen atoms in total. The van der Waals surface area contributed by atoms with Crippen LogP contribution in [-0.4, -0.2) is 16.2 Å². The van der Waals surface area contributed by atoms with Crippen LogP contribution in [0.4, 0.5) is 4.39 Å². The second kappa shape index (κ2) is 5.64. The lowest BCUT2D eigenvalue weighted by Gasteiger charge is -2.43. The van der Waals surface area contributed by atoms with Crippen molar-refractivity contribution >= 4 is 28.6 Å². The zero-order valence-electron chi connectivity index (χ0n) is 10.4. The molecule has 0 aromatic carbocycles. The molecule has 0 spiro atoms. The number of aromatic amines is 1. The Kier molecular flexibility index (Phi) is 4.44. The van der Waals surface area contributed by atoms with Crippen molar-refractivity contribution in [1.29, 1.82) is 0 Å². The van der Waals surface area contributed by atoms with Crippen LogP contribution in [0.5, 0.6) is 0 Å². The second-order valence-corrected chi connectivity index (χ2v) is 9.05. The van der Waals surface area contributed by atoms with E-state index < -0.39 is 23.1 Å². The third-order valence-corrected chi connectivity index (χ3v) is 4.65. The Labute approximate surface area is 122 Å². The summed E-state index contributed by atoms with van der Waals surface area (Å²) in [6.45, 7) is 1.94. The van der Waals surface area contributed by atoms with E-state index in [1.54, 1.807) is 0 Å². The lowest BCUT2D eigenvalue weighted by molar-refractivity contribution is 0.0510. The summed E-state index contributed by atoms with van der Waals surface area (Å²) in [7, 11) is 0. The van der Waals surface area contributed by atoms with Gasteiger partial charge in [0.1, 0.15) is 0 Å². The molecule has 3 atom stereocenters. The van der Waals surface area contributed by atoms with E-state index in [2.05, 4.69) is 0 Å². The molecular formula is C10H12Cl2FN2O4P. The molecule has 1 fully saturated rings. The van der Waals surface area contributed by atoms with Crippen molar-refractivity contribution in [1.82, 2.24) is 9.55 Å². The van der Waals surface area contributed by atoms with Gasteiger partial charge in [-0.15, -0.1) is 0 Å². The maximum Gasteiger partial charge on any atom is 0.380 e. The topological polar surface area (TPSA) is 81.2 Å². The van der Waals surface area contributed by atoms with Crippen molar-refractivity contribution in [2.75, 3.05) is 6.61 Å². The lowest BCUT2D eigenvalue weighted by atomic mass is 9.70. The average Bonchev–Trinajstić information content (AvgIpc) is 2.32. The molecule has 0 bridgehead atoms. The van der Waals surface area contributed by atoms with Gasteiger partial charge in [-0.1, -0.05) is 6.92 Å². The number of halogens is 3. The molecule has 0 radical (unpaired) electrons. The van der Waals surface area contributed by atoms with Crippen molar-refractivity contribution in [2.45, 2.75) is 19.4 Å². The Bertz CT molecular complexity index is 670. The highest BCUT2D eigenvalue weighted by Gasteiger charge is 2.40. The van der Waals surface area contributed by atoms with Crippen molar-refractivity contribution in [3.05, 3.63) is 32.9 Å². The summed E-state index contributed by atoms with van der Waals surface area (Å²) in [5.41, 5.74) is -1.70. The molecule has 1 aliphatic carbocycles. The first kappa shape index (κ1) is 15.8. The van der Waals surface area contributed by atoms with Gasteiger partial charge < -0.3 is 4.52 Å². The van der Waals surface area contributed by atoms with E-state index >= 15 is 0 Å². The van der Waals surface area contributed by atoms with E-state index in [0.29, 0.717) is 6.42 Å². The Hall–Kier alpha value is -0.620. The Morgan fingerprint density at radius 1 is 1.55 bits per heavy atom. The molecule has 0 amide bonds. The molecular weight excluding hydrogens is 333 g/mol. The Balaban J connectivity index is 2.08. The van der Waals surface area contributed by atoms with Crippen LogP contribution in [0.2, 0.25) is 0 Å². The van der Waals surface area contributed by atoms with Gasteiger partial charge in [-0.05, 0) is 40.7 Å². The number of hydrogen-bond acceptors (Lipinski definition) is 4. The standard InChI is InChI=1S/C10H12Cl2FN2O4P/c1-5-6(4-19-20(11,12)18)2-8(5)15-3-7(13)9(16)14-10(15)17/h3,5-6,8H,2,4H2,1H3,(H,14,16,17)/t5-,6-,8-/m0/s1. The SMILES string of the molecule is C[C@H]1[C@H](COP(=O)(Cl)Cl)C[C@@H]1n1cc(F)c(=O)[nH]c1=O. The number of nitrogens with one attached hydrogen (secondary N) is 1. The summed E-state index contributed by atoms with van der Waals surface area (Å²) in [5, 5.41) is 0. The van der Waals surface area contributed by atoms with E-state index in [-0.39, 0.29) is 24.5 Å². The van der Waals surface area contributed by atoms with Crippen LogP contribution in [0.15, 0.2) is 15.8 Å². The van der Waals surface area contributed by atoms with Crippen molar-refractivity contribution in [2.24, 2.45) is 11.8 Å². The third-order valence-electron chi connectivity index (χ3n) is 3.62. The predicted molar refractivity (Wildman–Crippen MR) is 72.9 cm³/mol. The van der Waals surface area contributed by atoms with Gasteiger partial charge in [-0.25, -0.2) is 4.79 Å². The fraction of sp³-hybridized carbons (Fsp3) is 0.600. The highest BCUT2D eigenvalue weighted by molar-refractivity contribution is 8.05. The van der Waals surface area contributed by atoms with Gasteiger partial charge >= 0.3 is 11.8 Å². The molecule has 2 rings (SSSR count). The fourth-order valence-corrected chi connectivity index (χ4v) is 3.04. The number of H-pyrrole nitrogens is 1. The smallest absolute Gasteiger partial charge is 0.306 e. The Morgan fingerprint density at radius 2 is 2.20 bits per heavy atom. The number of rotatable bonds is 4. The quantitative estimate of drug-likeness (QED) is 0.850. The first-order chi connectivity index (χ1) is 9.19. The second-order valence-electron chi connectivity index (χ2n) is 4.78. The highest BCUT2D eigenvalue weighted by atomic mass is 35.9. The van der Waals surface area contributed by atoms with E-state index in [9.17, 15) is 18.5 Å². The average molecular weight is 345 g/mol. The van der Waals surface area contributed by atoms with Crippen LogP contribution in [0.3, 0.4) is 0 Å². The van der Waals surface area contributed by atoms with Gasteiger partial charge in [0, 0.05) is 6.04 Å². The molecule has 0 aliphatic heterocycles. The van der Waals surface area contributed by atoms with E-state index in [1.165, 1.54) is 0 Å². The number of hydrogen-bond donors (Lipinski definition) is 1. The molecule has 112 valence electrons. The van der Waals surface area contributed by atoms with Crippen molar-refractivity contribution < 1.29 is 13.5 Å². The zero-order valence-corrected chi connectivity index (χ0v) is 12.8. The highest BCUT2D eigenvalue weighted by Crippen LogP contribution is 2.59. The summed E-state index contributed by atoms with van der Waals surface area (Å²) in [6.07, 6.45) is -2.16. The summed E-state index contributed by atoms with van der Waals surface area (Å²) < 4.78 is 30.2. The monoisotopic (exact) mass is 344 g/mol. The summed E-state index contributed by atoms with van der Waals surface area (Å²) in [6, 6.07) is -0.257. The minimum absolute atomic E-state index is 0.00714. The van der Waals surface area contributed by atoms with Gasteiger partial charge in [0.2, 0.25) is 5.82 Å². The maximum atomic E-state index is 13.2. The molecule has 20 heavy (non-hydrogen) atoms. The molecule has 1 aromatic rings. The minimum atomic E-state index is -3.57. The van der Waals surface area contributed by atoms with Crippen LogP contribution in [0.1, 0.15) is 19.4 Å². The van der Waals surface area contributed by atoms with Gasteiger partial charge in [0.05, 0.1) is 12.8 Å². The van der Waals surface area contributed by atoms with Gasteiger partial charge in [0.25, 0.3) is 5.56 Å². The van der Waals surface area contributed by atoms with Gasteiger partial charge in [-0.2, -0.15) is 4.39 Å². The first-order valence-corrected chi connectivity index (χ1v) is 9.27. The molecule has 1 N–H and O–H groups in total. The molecule has 0 saturated heterocycles. The normalized spacial score (nSPS) is 26.3. The van der Waals surface area contributed by atoms with Gasteiger partial charge in [0.15, 0.2) is 0 Å². The largest absolute Gasteiger partial charge is 0.380 e. The molecule has 1 aromatic heterocycles. The van der Waals surface area contributed by atoms with Crippen LogP contribution in [0.25, 0.3) is 0 Å². The van der Waals surface area contributed by atoms with Gasteiger partial charge in [-0.3, -0.25) is 18.9 Å². The minimum Gasteiger partial charge on any atom is -0.306 e. The zero-order chi connectivity index (χ0) is 15.1. The summed E-state index contributed by atoms with van der Waals surface area (Å²) in [4.78, 5) is 24.5.